The van der Waals surface area contributed by atoms with E-state index in [4.69, 9.17) is 4.74 Å². The molecule has 3 fully saturated rings. The maximum atomic E-state index is 6.38. The van der Waals surface area contributed by atoms with E-state index in [1.54, 1.807) is 0 Å². The first kappa shape index (κ1) is 15.8. The van der Waals surface area contributed by atoms with Crippen LogP contribution in [0, 0.1) is 11.8 Å². The second kappa shape index (κ2) is 7.94. The Morgan fingerprint density at radius 3 is 2.33 bits per heavy atom. The van der Waals surface area contributed by atoms with E-state index in [0.29, 0.717) is 12.2 Å². The number of nitrogens with zero attached hydrogens (tertiary/aromatic N) is 1. The van der Waals surface area contributed by atoms with Gasteiger partial charge in [-0.1, -0.05) is 6.92 Å². The van der Waals surface area contributed by atoms with Crippen molar-refractivity contribution in [3.05, 3.63) is 0 Å². The molecule has 0 amide bonds. The van der Waals surface area contributed by atoms with Gasteiger partial charge in [0, 0.05) is 19.6 Å². The summed E-state index contributed by atoms with van der Waals surface area (Å²) in [6.45, 7) is 8.66. The van der Waals surface area contributed by atoms with Crippen molar-refractivity contribution in [1.29, 1.82) is 0 Å². The predicted molar refractivity (Wildman–Crippen MR) is 87.6 cm³/mol. The first-order chi connectivity index (χ1) is 10.3. The van der Waals surface area contributed by atoms with Gasteiger partial charge in [-0.15, -0.1) is 0 Å². The Bertz CT molecular complexity index is 288. The zero-order valence-electron chi connectivity index (χ0n) is 13.9. The molecule has 21 heavy (non-hydrogen) atoms. The van der Waals surface area contributed by atoms with Crippen LogP contribution in [0.5, 0.6) is 0 Å². The van der Waals surface area contributed by atoms with E-state index in [0.717, 1.165) is 11.8 Å². The molecule has 1 unspecified atom stereocenters. The molecule has 1 saturated carbocycles. The lowest BCUT2D eigenvalue weighted by molar-refractivity contribution is -0.0613. The minimum atomic E-state index is 0.545. The summed E-state index contributed by atoms with van der Waals surface area (Å²) in [6, 6.07) is 0. The maximum Gasteiger partial charge on any atom is 0.0603 e. The lowest BCUT2D eigenvalue weighted by Crippen LogP contribution is -2.43. The van der Waals surface area contributed by atoms with E-state index in [1.165, 1.54) is 84.1 Å². The van der Waals surface area contributed by atoms with Crippen LogP contribution in [-0.2, 0) is 4.74 Å². The van der Waals surface area contributed by atoms with Gasteiger partial charge < -0.3 is 15.0 Å². The van der Waals surface area contributed by atoms with Crippen molar-refractivity contribution in [2.45, 2.75) is 70.5 Å². The molecule has 0 radical (unpaired) electrons. The summed E-state index contributed by atoms with van der Waals surface area (Å²) in [5.74, 6) is 1.81. The van der Waals surface area contributed by atoms with Gasteiger partial charge in [0.15, 0.2) is 0 Å². The molecule has 3 rings (SSSR count). The molecule has 2 saturated heterocycles. The third-order valence-corrected chi connectivity index (χ3v) is 5.80. The second-order valence-corrected chi connectivity index (χ2v) is 7.73. The highest BCUT2D eigenvalue weighted by molar-refractivity contribution is 4.79. The Hall–Kier alpha value is -0.120. The summed E-state index contributed by atoms with van der Waals surface area (Å²) in [5, 5.41) is 3.54. The van der Waals surface area contributed by atoms with Gasteiger partial charge in [-0.25, -0.2) is 0 Å². The molecule has 0 aromatic heterocycles. The lowest BCUT2D eigenvalue weighted by atomic mass is 9.88. The minimum Gasteiger partial charge on any atom is -0.375 e. The molecule has 3 aliphatic rings. The molecule has 1 atom stereocenters. The first-order valence-electron chi connectivity index (χ1n) is 9.38. The largest absolute Gasteiger partial charge is 0.375 e. The fraction of sp³-hybridized carbons (Fsp3) is 1.00. The van der Waals surface area contributed by atoms with Crippen molar-refractivity contribution in [3.63, 3.8) is 0 Å². The van der Waals surface area contributed by atoms with Crippen molar-refractivity contribution < 1.29 is 4.74 Å². The molecule has 1 aliphatic carbocycles. The Kier molecular flexibility index (Phi) is 5.96. The van der Waals surface area contributed by atoms with Crippen LogP contribution in [0.25, 0.3) is 0 Å². The molecular weight excluding hydrogens is 260 g/mol. The van der Waals surface area contributed by atoms with Gasteiger partial charge in [-0.05, 0) is 76.3 Å². The molecule has 0 aromatic carbocycles. The highest BCUT2D eigenvalue weighted by Gasteiger charge is 2.26. The number of hydrogen-bond acceptors (Lipinski definition) is 3. The Balaban J connectivity index is 1.33. The van der Waals surface area contributed by atoms with Gasteiger partial charge in [0.25, 0.3) is 0 Å². The van der Waals surface area contributed by atoms with Crippen molar-refractivity contribution in [2.24, 2.45) is 11.8 Å². The van der Waals surface area contributed by atoms with E-state index < -0.39 is 0 Å². The van der Waals surface area contributed by atoms with Gasteiger partial charge in [0.2, 0.25) is 0 Å². The van der Waals surface area contributed by atoms with Crippen molar-refractivity contribution >= 4 is 0 Å². The molecule has 0 bridgehead atoms. The van der Waals surface area contributed by atoms with E-state index in [-0.39, 0.29) is 0 Å². The van der Waals surface area contributed by atoms with E-state index >= 15 is 0 Å². The monoisotopic (exact) mass is 294 g/mol. The van der Waals surface area contributed by atoms with Crippen molar-refractivity contribution in [3.8, 4) is 0 Å². The van der Waals surface area contributed by atoms with Gasteiger partial charge in [-0.2, -0.15) is 0 Å². The zero-order valence-corrected chi connectivity index (χ0v) is 13.9. The predicted octanol–water partition coefficient (Wildman–Crippen LogP) is 3.05. The van der Waals surface area contributed by atoms with Crippen LogP contribution >= 0.6 is 0 Å². The number of hydrogen-bond donors (Lipinski definition) is 1. The Labute approximate surface area is 130 Å². The average molecular weight is 294 g/mol. The Morgan fingerprint density at radius 2 is 1.67 bits per heavy atom. The van der Waals surface area contributed by atoms with Crippen LogP contribution in [0.2, 0.25) is 0 Å². The third-order valence-electron chi connectivity index (χ3n) is 5.80. The molecule has 122 valence electrons. The van der Waals surface area contributed by atoms with Crippen LogP contribution < -0.4 is 5.32 Å². The van der Waals surface area contributed by atoms with E-state index in [1.807, 2.05) is 0 Å². The summed E-state index contributed by atoms with van der Waals surface area (Å²) in [4.78, 5) is 2.68. The molecule has 2 aliphatic heterocycles. The molecule has 1 N–H and O–H groups in total. The zero-order chi connectivity index (χ0) is 14.5. The highest BCUT2D eigenvalue weighted by Crippen LogP contribution is 2.28. The summed E-state index contributed by atoms with van der Waals surface area (Å²) in [5.41, 5.74) is 0. The second-order valence-electron chi connectivity index (χ2n) is 7.73. The first-order valence-corrected chi connectivity index (χ1v) is 9.38. The molecular formula is C18H34N2O. The number of likely N-dealkylation sites (tertiary alicyclic amines) is 1. The van der Waals surface area contributed by atoms with Crippen LogP contribution in [-0.4, -0.2) is 49.8 Å². The van der Waals surface area contributed by atoms with Gasteiger partial charge in [0.1, 0.15) is 0 Å². The van der Waals surface area contributed by atoms with Crippen LogP contribution in [0.3, 0.4) is 0 Å². The third kappa shape index (κ3) is 4.94. The van der Waals surface area contributed by atoms with Crippen molar-refractivity contribution in [1.82, 2.24) is 10.2 Å². The lowest BCUT2D eigenvalue weighted by Gasteiger charge is -2.37. The summed E-state index contributed by atoms with van der Waals surface area (Å²) >= 11 is 0. The number of nitrogens with one attached hydrogen (secondary N) is 1. The topological polar surface area (TPSA) is 24.5 Å². The summed E-state index contributed by atoms with van der Waals surface area (Å²) in [7, 11) is 0. The van der Waals surface area contributed by atoms with Crippen LogP contribution in [0.15, 0.2) is 0 Å². The average Bonchev–Trinajstić information content (AvgIpc) is 2.53. The highest BCUT2D eigenvalue weighted by atomic mass is 16.5. The van der Waals surface area contributed by atoms with Gasteiger partial charge in [-0.3, -0.25) is 0 Å². The van der Waals surface area contributed by atoms with E-state index in [2.05, 4.69) is 17.1 Å². The normalized spacial score (nSPS) is 36.7. The molecule has 0 aromatic rings. The van der Waals surface area contributed by atoms with Crippen molar-refractivity contribution in [2.75, 3.05) is 32.7 Å². The number of rotatable bonds is 4. The summed E-state index contributed by atoms with van der Waals surface area (Å²) < 4.78 is 6.38. The molecule has 0 spiro atoms. The SMILES string of the molecule is CC1CCC(OC2CCN(CC3CCCNC3)CC2)CC1. The van der Waals surface area contributed by atoms with Crippen LogP contribution in [0.1, 0.15) is 58.3 Å². The minimum absolute atomic E-state index is 0.545. The number of ether oxygens (including phenoxy) is 1. The van der Waals surface area contributed by atoms with Gasteiger partial charge in [0.05, 0.1) is 12.2 Å². The smallest absolute Gasteiger partial charge is 0.0603 e. The fourth-order valence-electron chi connectivity index (χ4n) is 4.31. The molecule has 3 heteroatoms. The molecule has 3 nitrogen and oxygen atoms in total. The van der Waals surface area contributed by atoms with Gasteiger partial charge >= 0.3 is 0 Å². The fourth-order valence-corrected chi connectivity index (χ4v) is 4.31. The van der Waals surface area contributed by atoms with E-state index in [9.17, 15) is 0 Å². The maximum absolute atomic E-state index is 6.38. The molecule has 2 heterocycles. The number of piperidine rings is 2. The quantitative estimate of drug-likeness (QED) is 0.862. The summed E-state index contributed by atoms with van der Waals surface area (Å²) in [6.07, 6.45) is 11.8. The van der Waals surface area contributed by atoms with Crippen LogP contribution in [0.4, 0.5) is 0 Å². The Morgan fingerprint density at radius 1 is 0.952 bits per heavy atom. The standard InChI is InChI=1S/C18H34N2O/c1-15-4-6-17(7-5-15)21-18-8-11-20(12-9-18)14-16-3-2-10-19-13-16/h15-19H,2-14H2,1H3.